The second-order valence-corrected chi connectivity index (χ2v) is 6.91. The number of likely N-dealkylation sites (tertiary alicyclic amines) is 1. The zero-order chi connectivity index (χ0) is 16.7. The predicted octanol–water partition coefficient (Wildman–Crippen LogP) is 1.08. The summed E-state index contributed by atoms with van der Waals surface area (Å²) in [6, 6.07) is 9.81. The van der Waals surface area contributed by atoms with Crippen molar-refractivity contribution < 1.29 is 14.4 Å². The van der Waals surface area contributed by atoms with Crippen LogP contribution in [-0.4, -0.2) is 40.7 Å². The highest BCUT2D eigenvalue weighted by Gasteiger charge is 2.48. The average Bonchev–Trinajstić information content (AvgIpc) is 3.27. The van der Waals surface area contributed by atoms with Crippen LogP contribution in [0.1, 0.15) is 5.69 Å². The van der Waals surface area contributed by atoms with E-state index < -0.39 is 11.8 Å². The molecule has 1 aromatic heterocycles. The minimum absolute atomic E-state index is 0.0880. The van der Waals surface area contributed by atoms with Crippen LogP contribution in [0.15, 0.2) is 35.7 Å². The van der Waals surface area contributed by atoms with Crippen LogP contribution in [0.2, 0.25) is 0 Å². The molecule has 0 unspecified atom stereocenters. The molecule has 2 fully saturated rings. The van der Waals surface area contributed by atoms with E-state index in [0.29, 0.717) is 13.1 Å². The van der Waals surface area contributed by atoms with Gasteiger partial charge >= 0.3 is 0 Å². The molecule has 24 heavy (non-hydrogen) atoms. The third kappa shape index (κ3) is 2.60. The van der Waals surface area contributed by atoms with Crippen molar-refractivity contribution in [1.82, 2.24) is 15.2 Å². The first-order valence-electron chi connectivity index (χ1n) is 7.74. The van der Waals surface area contributed by atoms with Crippen molar-refractivity contribution >= 4 is 29.1 Å². The molecule has 0 saturated carbocycles. The SMILES string of the molecule is O=C1NC(=O)[C@@H]2CN(C(=O)Cc3csc(-c4ccccc4)n3)C[C@H]12. The molecule has 6 nitrogen and oxygen atoms in total. The van der Waals surface area contributed by atoms with Gasteiger partial charge in [-0.2, -0.15) is 0 Å². The van der Waals surface area contributed by atoms with Crippen LogP contribution in [0.4, 0.5) is 0 Å². The topological polar surface area (TPSA) is 79.4 Å². The summed E-state index contributed by atoms with van der Waals surface area (Å²) < 4.78 is 0. The summed E-state index contributed by atoms with van der Waals surface area (Å²) in [5, 5.41) is 5.09. The first kappa shape index (κ1) is 15.0. The molecule has 1 aromatic carbocycles. The van der Waals surface area contributed by atoms with E-state index in [4.69, 9.17) is 0 Å². The number of rotatable bonds is 3. The Kier molecular flexibility index (Phi) is 3.65. The quantitative estimate of drug-likeness (QED) is 0.848. The van der Waals surface area contributed by atoms with Gasteiger partial charge in [0.2, 0.25) is 17.7 Å². The lowest BCUT2D eigenvalue weighted by Crippen LogP contribution is -2.35. The Morgan fingerprint density at radius 2 is 1.83 bits per heavy atom. The Balaban J connectivity index is 1.43. The number of carbonyl (C=O) groups is 3. The summed E-state index contributed by atoms with van der Waals surface area (Å²) in [6.07, 6.45) is 0.193. The van der Waals surface area contributed by atoms with Gasteiger partial charge in [0.15, 0.2) is 0 Å². The zero-order valence-corrected chi connectivity index (χ0v) is 13.6. The van der Waals surface area contributed by atoms with E-state index in [-0.39, 0.29) is 24.1 Å². The van der Waals surface area contributed by atoms with Crippen LogP contribution in [-0.2, 0) is 20.8 Å². The standard InChI is InChI=1S/C17H15N3O3S/c21-14(20-7-12-13(8-20)16(23)19-15(12)22)6-11-9-24-17(18-11)10-4-2-1-3-5-10/h1-5,9,12-13H,6-8H2,(H,19,22,23)/t12-,13+. The minimum Gasteiger partial charge on any atom is -0.341 e. The van der Waals surface area contributed by atoms with Gasteiger partial charge in [-0.25, -0.2) is 4.98 Å². The van der Waals surface area contributed by atoms with Crippen LogP contribution in [0, 0.1) is 11.8 Å². The Labute approximate surface area is 142 Å². The fraction of sp³-hybridized carbons (Fsp3) is 0.294. The number of carbonyl (C=O) groups excluding carboxylic acids is 3. The van der Waals surface area contributed by atoms with E-state index in [2.05, 4.69) is 10.3 Å². The van der Waals surface area contributed by atoms with Crippen molar-refractivity contribution in [2.24, 2.45) is 11.8 Å². The summed E-state index contributed by atoms with van der Waals surface area (Å²) in [5.74, 6) is -1.40. The molecule has 1 N–H and O–H groups in total. The molecule has 0 bridgehead atoms. The molecule has 2 saturated heterocycles. The Hall–Kier alpha value is -2.54. The summed E-state index contributed by atoms with van der Waals surface area (Å²) >= 11 is 1.50. The van der Waals surface area contributed by atoms with Crippen molar-refractivity contribution in [3.63, 3.8) is 0 Å². The van der Waals surface area contributed by atoms with Crippen molar-refractivity contribution in [1.29, 1.82) is 0 Å². The van der Waals surface area contributed by atoms with E-state index in [0.717, 1.165) is 16.3 Å². The molecule has 2 aliphatic rings. The Morgan fingerprint density at radius 3 is 2.50 bits per heavy atom. The molecular formula is C17H15N3O3S. The summed E-state index contributed by atoms with van der Waals surface area (Å²) in [4.78, 5) is 41.9. The number of fused-ring (bicyclic) bond motifs is 1. The highest BCUT2D eigenvalue weighted by Crippen LogP contribution is 2.29. The molecule has 3 heterocycles. The van der Waals surface area contributed by atoms with E-state index in [9.17, 15) is 14.4 Å². The highest BCUT2D eigenvalue weighted by molar-refractivity contribution is 7.13. The Bertz CT molecular complexity index is 795. The maximum Gasteiger partial charge on any atom is 0.232 e. The lowest BCUT2D eigenvalue weighted by Gasteiger charge is -2.16. The molecule has 3 amide bonds. The number of amides is 3. The number of hydrogen-bond donors (Lipinski definition) is 1. The van der Waals surface area contributed by atoms with Gasteiger partial charge in [-0.1, -0.05) is 30.3 Å². The number of thiazole rings is 1. The molecule has 2 aromatic rings. The summed E-state index contributed by atoms with van der Waals surface area (Å²) in [5.41, 5.74) is 1.75. The molecule has 4 rings (SSSR count). The molecule has 7 heteroatoms. The van der Waals surface area contributed by atoms with Gasteiger partial charge in [0, 0.05) is 24.0 Å². The fourth-order valence-corrected chi connectivity index (χ4v) is 4.04. The van der Waals surface area contributed by atoms with Gasteiger partial charge in [0.05, 0.1) is 24.0 Å². The van der Waals surface area contributed by atoms with Crippen molar-refractivity contribution in [3.8, 4) is 10.6 Å². The van der Waals surface area contributed by atoms with Crippen LogP contribution in [0.5, 0.6) is 0 Å². The van der Waals surface area contributed by atoms with Gasteiger partial charge in [0.1, 0.15) is 5.01 Å². The van der Waals surface area contributed by atoms with Crippen molar-refractivity contribution in [3.05, 3.63) is 41.4 Å². The maximum absolute atomic E-state index is 12.5. The lowest BCUT2D eigenvalue weighted by atomic mass is 10.00. The molecule has 2 aliphatic heterocycles. The maximum atomic E-state index is 12.5. The second kappa shape index (κ2) is 5.83. The number of nitrogens with zero attached hydrogens (tertiary/aromatic N) is 2. The highest BCUT2D eigenvalue weighted by atomic mass is 32.1. The largest absolute Gasteiger partial charge is 0.341 e. The first-order chi connectivity index (χ1) is 11.6. The third-order valence-corrected chi connectivity index (χ3v) is 5.44. The van der Waals surface area contributed by atoms with E-state index in [1.165, 1.54) is 11.3 Å². The smallest absolute Gasteiger partial charge is 0.232 e. The van der Waals surface area contributed by atoms with E-state index in [1.54, 1.807) is 4.90 Å². The molecule has 122 valence electrons. The molecule has 0 aliphatic carbocycles. The third-order valence-electron chi connectivity index (χ3n) is 4.50. The number of imide groups is 1. The number of aromatic nitrogens is 1. The van der Waals surface area contributed by atoms with Gasteiger partial charge < -0.3 is 4.90 Å². The van der Waals surface area contributed by atoms with Crippen molar-refractivity contribution in [2.45, 2.75) is 6.42 Å². The monoisotopic (exact) mass is 341 g/mol. The zero-order valence-electron chi connectivity index (χ0n) is 12.8. The first-order valence-corrected chi connectivity index (χ1v) is 8.62. The predicted molar refractivity (Wildman–Crippen MR) is 88.0 cm³/mol. The molecule has 0 spiro atoms. The fourth-order valence-electron chi connectivity index (χ4n) is 3.21. The average molecular weight is 341 g/mol. The van der Waals surface area contributed by atoms with E-state index >= 15 is 0 Å². The van der Waals surface area contributed by atoms with Crippen molar-refractivity contribution in [2.75, 3.05) is 13.1 Å². The van der Waals surface area contributed by atoms with Crippen LogP contribution in [0.3, 0.4) is 0 Å². The van der Waals surface area contributed by atoms with Gasteiger partial charge in [-0.3, -0.25) is 19.7 Å². The minimum atomic E-state index is -0.392. The van der Waals surface area contributed by atoms with Crippen LogP contribution >= 0.6 is 11.3 Å². The van der Waals surface area contributed by atoms with Gasteiger partial charge in [-0.05, 0) is 0 Å². The molecule has 2 atom stereocenters. The number of benzene rings is 1. The van der Waals surface area contributed by atoms with Crippen LogP contribution in [0.25, 0.3) is 10.6 Å². The molecule has 0 radical (unpaired) electrons. The second-order valence-electron chi connectivity index (χ2n) is 6.05. The Morgan fingerprint density at radius 1 is 1.17 bits per heavy atom. The number of hydrogen-bond acceptors (Lipinski definition) is 5. The summed E-state index contributed by atoms with van der Waals surface area (Å²) in [7, 11) is 0. The van der Waals surface area contributed by atoms with Gasteiger partial charge in [0.25, 0.3) is 0 Å². The lowest BCUT2D eigenvalue weighted by molar-refractivity contribution is -0.131. The summed E-state index contributed by atoms with van der Waals surface area (Å²) in [6.45, 7) is 0.632. The van der Waals surface area contributed by atoms with E-state index in [1.807, 2.05) is 35.7 Å². The van der Waals surface area contributed by atoms with Crippen LogP contribution < -0.4 is 5.32 Å². The number of nitrogens with one attached hydrogen (secondary N) is 1. The molecular weight excluding hydrogens is 326 g/mol. The normalized spacial score (nSPS) is 22.6. The van der Waals surface area contributed by atoms with Gasteiger partial charge in [-0.15, -0.1) is 11.3 Å².